The van der Waals surface area contributed by atoms with Crippen LogP contribution in [0.3, 0.4) is 0 Å². The van der Waals surface area contributed by atoms with Crippen LogP contribution in [-0.2, 0) is 4.79 Å². The van der Waals surface area contributed by atoms with Crippen LogP contribution in [0.5, 0.6) is 0 Å². The minimum atomic E-state index is 0.131. The number of rotatable bonds is 5. The molecule has 2 aromatic heterocycles. The molecule has 0 spiro atoms. The van der Waals surface area contributed by atoms with Crippen molar-refractivity contribution in [2.45, 2.75) is 51.0 Å². The number of anilines is 4. The third-order valence-electron chi connectivity index (χ3n) is 6.80. The zero-order valence-corrected chi connectivity index (χ0v) is 20.8. The Hall–Kier alpha value is -2.91. The molecule has 1 aliphatic heterocycles. The van der Waals surface area contributed by atoms with Gasteiger partial charge >= 0.3 is 0 Å². The molecule has 1 saturated carbocycles. The lowest BCUT2D eigenvalue weighted by Gasteiger charge is -2.34. The van der Waals surface area contributed by atoms with Crippen LogP contribution in [0.15, 0.2) is 24.7 Å². The molecule has 2 fully saturated rings. The molecule has 0 unspecified atom stereocenters. The number of likely N-dealkylation sites (tertiary alicyclic amines) is 1. The van der Waals surface area contributed by atoms with Gasteiger partial charge in [0, 0.05) is 30.7 Å². The van der Waals surface area contributed by atoms with Gasteiger partial charge in [0.15, 0.2) is 5.82 Å². The predicted octanol–water partition coefficient (Wildman–Crippen LogP) is 5.04. The molecule has 0 atom stereocenters. The standard InChI is InChI=1S/C24H28Cl2N8O/c25-17-10-16(11-18(26)20(17)27)31-22-21-19(29-13-30-22)12-28-24(33-21)32-15-6-4-14(5-7-15)23(35)34-8-2-1-3-9-34/h10-15H,1-9,27H2,(H,28,32,33)(H,29,30,31). The Labute approximate surface area is 213 Å². The maximum atomic E-state index is 12.8. The molecule has 9 nitrogen and oxygen atoms in total. The predicted molar refractivity (Wildman–Crippen MR) is 139 cm³/mol. The molecule has 3 aromatic rings. The van der Waals surface area contributed by atoms with E-state index in [2.05, 4.69) is 35.5 Å². The van der Waals surface area contributed by atoms with Crippen LogP contribution in [0.2, 0.25) is 10.0 Å². The van der Waals surface area contributed by atoms with Crippen molar-refractivity contribution in [2.24, 2.45) is 5.92 Å². The Balaban J connectivity index is 1.26. The Bertz CT molecular complexity index is 1200. The van der Waals surface area contributed by atoms with E-state index in [1.807, 2.05) is 0 Å². The maximum absolute atomic E-state index is 12.8. The first-order chi connectivity index (χ1) is 17.0. The number of aromatic nitrogens is 4. The molecule has 0 radical (unpaired) electrons. The van der Waals surface area contributed by atoms with Crippen molar-refractivity contribution in [1.82, 2.24) is 24.8 Å². The van der Waals surface area contributed by atoms with Crippen molar-refractivity contribution >= 4 is 63.3 Å². The normalized spacial score (nSPS) is 20.6. The van der Waals surface area contributed by atoms with Crippen LogP contribution in [-0.4, -0.2) is 49.9 Å². The van der Waals surface area contributed by atoms with E-state index in [9.17, 15) is 4.79 Å². The van der Waals surface area contributed by atoms with Gasteiger partial charge in [-0.3, -0.25) is 4.79 Å². The van der Waals surface area contributed by atoms with Crippen molar-refractivity contribution in [3.05, 3.63) is 34.7 Å². The van der Waals surface area contributed by atoms with E-state index in [4.69, 9.17) is 28.9 Å². The van der Waals surface area contributed by atoms with Gasteiger partial charge in [0.1, 0.15) is 17.4 Å². The molecule has 4 N–H and O–H groups in total. The fourth-order valence-electron chi connectivity index (χ4n) is 4.85. The highest BCUT2D eigenvalue weighted by Gasteiger charge is 2.30. The van der Waals surface area contributed by atoms with E-state index in [0.717, 1.165) is 51.6 Å². The highest BCUT2D eigenvalue weighted by Crippen LogP contribution is 2.33. The summed E-state index contributed by atoms with van der Waals surface area (Å²) < 4.78 is 0. The molecule has 1 saturated heterocycles. The summed E-state index contributed by atoms with van der Waals surface area (Å²) in [5.41, 5.74) is 7.98. The number of nitrogens with one attached hydrogen (secondary N) is 2. The molecule has 1 aliphatic carbocycles. The van der Waals surface area contributed by atoms with Gasteiger partial charge in [-0.1, -0.05) is 23.2 Å². The second-order valence-electron chi connectivity index (χ2n) is 9.21. The van der Waals surface area contributed by atoms with Gasteiger partial charge in [0.25, 0.3) is 0 Å². The lowest BCUT2D eigenvalue weighted by Crippen LogP contribution is -2.41. The van der Waals surface area contributed by atoms with Crippen molar-refractivity contribution in [1.29, 1.82) is 0 Å². The number of hydrogen-bond donors (Lipinski definition) is 3. The highest BCUT2D eigenvalue weighted by molar-refractivity contribution is 6.39. The van der Waals surface area contributed by atoms with Crippen molar-refractivity contribution in [2.75, 3.05) is 29.5 Å². The van der Waals surface area contributed by atoms with E-state index in [0.29, 0.717) is 50.1 Å². The largest absolute Gasteiger partial charge is 0.396 e. The number of benzene rings is 1. The first kappa shape index (κ1) is 23.8. The number of halogens is 2. The zero-order valence-electron chi connectivity index (χ0n) is 19.3. The van der Waals surface area contributed by atoms with E-state index < -0.39 is 0 Å². The monoisotopic (exact) mass is 514 g/mol. The minimum absolute atomic E-state index is 0.131. The molecule has 5 rings (SSSR count). The van der Waals surface area contributed by atoms with Crippen LogP contribution in [0.4, 0.5) is 23.1 Å². The fraction of sp³-hybridized carbons (Fsp3) is 0.458. The lowest BCUT2D eigenvalue weighted by molar-refractivity contribution is -0.137. The van der Waals surface area contributed by atoms with Gasteiger partial charge < -0.3 is 21.3 Å². The van der Waals surface area contributed by atoms with Crippen LogP contribution >= 0.6 is 23.2 Å². The van der Waals surface area contributed by atoms with Gasteiger partial charge in [0.2, 0.25) is 11.9 Å². The molecule has 1 aromatic carbocycles. The maximum Gasteiger partial charge on any atom is 0.225 e. The fourth-order valence-corrected chi connectivity index (χ4v) is 5.34. The summed E-state index contributed by atoms with van der Waals surface area (Å²) in [6, 6.07) is 3.58. The van der Waals surface area contributed by atoms with Crippen molar-refractivity contribution in [3.8, 4) is 0 Å². The van der Waals surface area contributed by atoms with Gasteiger partial charge in [-0.05, 0) is 57.1 Å². The summed E-state index contributed by atoms with van der Waals surface area (Å²) in [5.74, 6) is 1.48. The summed E-state index contributed by atoms with van der Waals surface area (Å²) in [6.07, 6.45) is 10.2. The Kier molecular flexibility index (Phi) is 7.06. The summed E-state index contributed by atoms with van der Waals surface area (Å²) in [5, 5.41) is 7.34. The highest BCUT2D eigenvalue weighted by atomic mass is 35.5. The SMILES string of the molecule is Nc1c(Cl)cc(Nc2ncnc3cnc(NC4CCC(C(=O)N5CCCCC5)CC4)nc23)cc1Cl. The number of amides is 1. The van der Waals surface area contributed by atoms with Crippen LogP contribution in [0.1, 0.15) is 44.9 Å². The van der Waals surface area contributed by atoms with Gasteiger partial charge in [-0.2, -0.15) is 0 Å². The third kappa shape index (κ3) is 5.36. The molecule has 3 heterocycles. The lowest BCUT2D eigenvalue weighted by atomic mass is 9.85. The Morgan fingerprint density at radius 1 is 1.00 bits per heavy atom. The summed E-state index contributed by atoms with van der Waals surface area (Å²) >= 11 is 12.3. The van der Waals surface area contributed by atoms with Gasteiger partial charge in [-0.15, -0.1) is 0 Å². The first-order valence-corrected chi connectivity index (χ1v) is 12.8. The average Bonchev–Trinajstić information content (AvgIpc) is 2.88. The molecule has 11 heteroatoms. The smallest absolute Gasteiger partial charge is 0.225 e. The van der Waals surface area contributed by atoms with Crippen LogP contribution in [0.25, 0.3) is 11.0 Å². The first-order valence-electron chi connectivity index (χ1n) is 12.0. The topological polar surface area (TPSA) is 122 Å². The molecule has 184 valence electrons. The second-order valence-corrected chi connectivity index (χ2v) is 10.0. The number of carbonyl (C=O) groups excluding carboxylic acids is 1. The number of nitrogens with zero attached hydrogens (tertiary/aromatic N) is 5. The van der Waals surface area contributed by atoms with E-state index >= 15 is 0 Å². The number of fused-ring (bicyclic) bond motifs is 1. The molecule has 0 bridgehead atoms. The number of nitrogen functional groups attached to an aromatic ring is 1. The second kappa shape index (κ2) is 10.4. The van der Waals surface area contributed by atoms with Gasteiger partial charge in [-0.25, -0.2) is 19.9 Å². The zero-order chi connectivity index (χ0) is 24.4. The minimum Gasteiger partial charge on any atom is -0.396 e. The molecular weight excluding hydrogens is 487 g/mol. The summed E-state index contributed by atoms with van der Waals surface area (Å²) in [4.78, 5) is 32.7. The molecular formula is C24H28Cl2N8O. The average molecular weight is 515 g/mol. The van der Waals surface area contributed by atoms with Crippen molar-refractivity contribution < 1.29 is 4.79 Å². The van der Waals surface area contributed by atoms with Crippen molar-refractivity contribution in [3.63, 3.8) is 0 Å². The number of carbonyl (C=O) groups is 1. The molecule has 2 aliphatic rings. The third-order valence-corrected chi connectivity index (χ3v) is 7.42. The van der Waals surface area contributed by atoms with Crippen LogP contribution in [0, 0.1) is 5.92 Å². The Morgan fingerprint density at radius 2 is 1.71 bits per heavy atom. The number of piperidine rings is 1. The van der Waals surface area contributed by atoms with Gasteiger partial charge in [0.05, 0.1) is 21.9 Å². The molecule has 1 amide bonds. The molecule has 35 heavy (non-hydrogen) atoms. The van der Waals surface area contributed by atoms with E-state index in [1.165, 1.54) is 12.7 Å². The number of hydrogen-bond acceptors (Lipinski definition) is 8. The number of nitrogens with two attached hydrogens (primary N) is 1. The van der Waals surface area contributed by atoms with E-state index in [-0.39, 0.29) is 12.0 Å². The summed E-state index contributed by atoms with van der Waals surface area (Å²) in [6.45, 7) is 1.82. The summed E-state index contributed by atoms with van der Waals surface area (Å²) in [7, 11) is 0. The quantitative estimate of drug-likeness (QED) is 0.404. The Morgan fingerprint density at radius 3 is 2.43 bits per heavy atom. The van der Waals surface area contributed by atoms with Crippen LogP contribution < -0.4 is 16.4 Å². The van der Waals surface area contributed by atoms with E-state index in [1.54, 1.807) is 18.3 Å².